The standard InChI is InChI=1S/C14H15N3/c1-10-4-5-11(2)13(6-10)9-17-14(8-15)7-12(3)16-17/h4-7H,9H2,1-3H3. The van der Waals surface area contributed by atoms with E-state index in [1.807, 2.05) is 13.0 Å². The lowest BCUT2D eigenvalue weighted by Crippen LogP contribution is -2.06. The first-order valence-corrected chi connectivity index (χ1v) is 5.61. The quantitative estimate of drug-likeness (QED) is 0.788. The molecular formula is C14H15N3. The van der Waals surface area contributed by atoms with Crippen LogP contribution in [0.1, 0.15) is 28.1 Å². The summed E-state index contributed by atoms with van der Waals surface area (Å²) in [7, 11) is 0. The van der Waals surface area contributed by atoms with Gasteiger partial charge in [-0.2, -0.15) is 10.4 Å². The van der Waals surface area contributed by atoms with Crippen LogP contribution in [0.3, 0.4) is 0 Å². The fraction of sp³-hybridized carbons (Fsp3) is 0.286. The van der Waals surface area contributed by atoms with Crippen LogP contribution in [0, 0.1) is 32.1 Å². The molecule has 0 fully saturated rings. The first-order valence-electron chi connectivity index (χ1n) is 5.61. The topological polar surface area (TPSA) is 41.6 Å². The summed E-state index contributed by atoms with van der Waals surface area (Å²) in [4.78, 5) is 0. The van der Waals surface area contributed by atoms with Crippen molar-refractivity contribution < 1.29 is 0 Å². The van der Waals surface area contributed by atoms with Crippen LogP contribution in [-0.2, 0) is 6.54 Å². The van der Waals surface area contributed by atoms with Gasteiger partial charge in [0.15, 0.2) is 0 Å². The van der Waals surface area contributed by atoms with E-state index in [-0.39, 0.29) is 0 Å². The van der Waals surface area contributed by atoms with Gasteiger partial charge in [-0.1, -0.05) is 23.8 Å². The molecule has 0 bridgehead atoms. The second kappa shape index (κ2) is 4.42. The molecule has 0 radical (unpaired) electrons. The number of rotatable bonds is 2. The molecule has 2 aromatic rings. The molecule has 0 saturated heterocycles. The average Bonchev–Trinajstić information content (AvgIpc) is 2.64. The van der Waals surface area contributed by atoms with Crippen molar-refractivity contribution >= 4 is 0 Å². The fourth-order valence-corrected chi connectivity index (χ4v) is 1.89. The van der Waals surface area contributed by atoms with Gasteiger partial charge in [-0.25, -0.2) is 0 Å². The highest BCUT2D eigenvalue weighted by molar-refractivity contribution is 5.32. The van der Waals surface area contributed by atoms with Gasteiger partial charge in [-0.3, -0.25) is 4.68 Å². The van der Waals surface area contributed by atoms with Gasteiger partial charge in [0, 0.05) is 0 Å². The summed E-state index contributed by atoms with van der Waals surface area (Å²) >= 11 is 0. The lowest BCUT2D eigenvalue weighted by molar-refractivity contribution is 0.668. The minimum Gasteiger partial charge on any atom is -0.250 e. The van der Waals surface area contributed by atoms with Crippen LogP contribution in [0.15, 0.2) is 24.3 Å². The average molecular weight is 225 g/mol. The Morgan fingerprint density at radius 3 is 2.71 bits per heavy atom. The molecule has 0 amide bonds. The Morgan fingerprint density at radius 1 is 1.24 bits per heavy atom. The van der Waals surface area contributed by atoms with Crippen molar-refractivity contribution in [2.45, 2.75) is 27.3 Å². The summed E-state index contributed by atoms with van der Waals surface area (Å²) < 4.78 is 1.76. The van der Waals surface area contributed by atoms with Gasteiger partial charge in [0.25, 0.3) is 0 Å². The second-order valence-corrected chi connectivity index (χ2v) is 4.37. The molecule has 0 unspecified atom stereocenters. The smallest absolute Gasteiger partial charge is 0.139 e. The predicted molar refractivity (Wildman–Crippen MR) is 66.7 cm³/mol. The molecule has 3 heteroatoms. The van der Waals surface area contributed by atoms with E-state index in [2.05, 4.69) is 43.2 Å². The van der Waals surface area contributed by atoms with Crippen molar-refractivity contribution in [2.24, 2.45) is 0 Å². The maximum Gasteiger partial charge on any atom is 0.139 e. The van der Waals surface area contributed by atoms with E-state index in [4.69, 9.17) is 5.26 Å². The zero-order chi connectivity index (χ0) is 12.4. The summed E-state index contributed by atoms with van der Waals surface area (Å²) in [5, 5.41) is 13.4. The van der Waals surface area contributed by atoms with E-state index in [1.165, 1.54) is 16.7 Å². The van der Waals surface area contributed by atoms with Crippen LogP contribution in [0.4, 0.5) is 0 Å². The van der Waals surface area contributed by atoms with Crippen molar-refractivity contribution in [1.29, 1.82) is 5.26 Å². The van der Waals surface area contributed by atoms with E-state index in [1.54, 1.807) is 4.68 Å². The Bertz CT molecular complexity index is 588. The van der Waals surface area contributed by atoms with Gasteiger partial charge < -0.3 is 0 Å². The SMILES string of the molecule is Cc1ccc(C)c(Cn2nc(C)cc2C#N)c1. The van der Waals surface area contributed by atoms with Crippen LogP contribution in [-0.4, -0.2) is 9.78 Å². The van der Waals surface area contributed by atoms with Gasteiger partial charge in [0.1, 0.15) is 11.8 Å². The summed E-state index contributed by atoms with van der Waals surface area (Å²) in [6.45, 7) is 6.71. The minimum atomic E-state index is 0.614. The first kappa shape index (κ1) is 11.4. The summed E-state index contributed by atoms with van der Waals surface area (Å²) in [5.41, 5.74) is 5.17. The summed E-state index contributed by atoms with van der Waals surface area (Å²) in [6, 6.07) is 10.3. The Hall–Kier alpha value is -2.08. The number of nitriles is 1. The van der Waals surface area contributed by atoms with E-state index in [0.29, 0.717) is 12.2 Å². The number of nitrogens with zero attached hydrogens (tertiary/aromatic N) is 3. The molecule has 0 atom stereocenters. The summed E-state index contributed by atoms with van der Waals surface area (Å²) in [6.07, 6.45) is 0. The maximum atomic E-state index is 9.02. The Balaban J connectivity index is 2.38. The number of hydrogen-bond acceptors (Lipinski definition) is 2. The number of aromatic nitrogens is 2. The fourth-order valence-electron chi connectivity index (χ4n) is 1.89. The predicted octanol–water partition coefficient (Wildman–Crippen LogP) is 2.73. The van der Waals surface area contributed by atoms with Gasteiger partial charge in [-0.05, 0) is 38.0 Å². The normalized spacial score (nSPS) is 10.2. The van der Waals surface area contributed by atoms with Gasteiger partial charge in [0.05, 0.1) is 12.2 Å². The molecule has 17 heavy (non-hydrogen) atoms. The van der Waals surface area contributed by atoms with Gasteiger partial charge in [-0.15, -0.1) is 0 Å². The molecule has 0 aliphatic rings. The molecule has 1 aromatic carbocycles. The molecule has 3 nitrogen and oxygen atoms in total. The molecule has 0 aliphatic heterocycles. The van der Waals surface area contributed by atoms with Crippen LogP contribution >= 0.6 is 0 Å². The Kier molecular flexibility index (Phi) is 2.97. The Morgan fingerprint density at radius 2 is 2.00 bits per heavy atom. The third kappa shape index (κ3) is 2.36. The van der Waals surface area contributed by atoms with Crippen molar-refractivity contribution in [1.82, 2.24) is 9.78 Å². The van der Waals surface area contributed by atoms with Crippen molar-refractivity contribution in [3.05, 3.63) is 52.3 Å². The second-order valence-electron chi connectivity index (χ2n) is 4.37. The molecule has 0 spiro atoms. The van der Waals surface area contributed by atoms with Gasteiger partial charge >= 0.3 is 0 Å². The van der Waals surface area contributed by atoms with Gasteiger partial charge in [0.2, 0.25) is 0 Å². The van der Waals surface area contributed by atoms with Crippen LogP contribution in [0.5, 0.6) is 0 Å². The lowest BCUT2D eigenvalue weighted by Gasteiger charge is -2.08. The molecule has 0 saturated carbocycles. The molecule has 1 heterocycles. The molecule has 2 rings (SSSR count). The lowest BCUT2D eigenvalue weighted by atomic mass is 10.1. The molecule has 1 aromatic heterocycles. The third-order valence-corrected chi connectivity index (χ3v) is 2.84. The minimum absolute atomic E-state index is 0.614. The van der Waals surface area contributed by atoms with Crippen molar-refractivity contribution in [3.63, 3.8) is 0 Å². The van der Waals surface area contributed by atoms with Crippen LogP contribution < -0.4 is 0 Å². The first-order chi connectivity index (χ1) is 8.10. The van der Waals surface area contributed by atoms with E-state index < -0.39 is 0 Å². The van der Waals surface area contributed by atoms with E-state index in [9.17, 15) is 0 Å². The highest BCUT2D eigenvalue weighted by atomic mass is 15.3. The highest BCUT2D eigenvalue weighted by Crippen LogP contribution is 2.13. The highest BCUT2D eigenvalue weighted by Gasteiger charge is 2.07. The number of hydrogen-bond donors (Lipinski definition) is 0. The van der Waals surface area contributed by atoms with E-state index in [0.717, 1.165) is 5.69 Å². The maximum absolute atomic E-state index is 9.02. The number of aryl methyl sites for hydroxylation is 3. The molecular weight excluding hydrogens is 210 g/mol. The largest absolute Gasteiger partial charge is 0.250 e. The Labute approximate surface area is 101 Å². The van der Waals surface area contributed by atoms with Crippen molar-refractivity contribution in [3.8, 4) is 6.07 Å². The molecule has 0 N–H and O–H groups in total. The summed E-state index contributed by atoms with van der Waals surface area (Å²) in [5.74, 6) is 0. The van der Waals surface area contributed by atoms with Crippen molar-refractivity contribution in [2.75, 3.05) is 0 Å². The number of benzene rings is 1. The van der Waals surface area contributed by atoms with Crippen LogP contribution in [0.25, 0.3) is 0 Å². The third-order valence-electron chi connectivity index (χ3n) is 2.84. The van der Waals surface area contributed by atoms with Crippen LogP contribution in [0.2, 0.25) is 0 Å². The van der Waals surface area contributed by atoms with E-state index >= 15 is 0 Å². The molecule has 86 valence electrons. The zero-order valence-corrected chi connectivity index (χ0v) is 10.4. The monoisotopic (exact) mass is 225 g/mol. The zero-order valence-electron chi connectivity index (χ0n) is 10.4. The molecule has 0 aliphatic carbocycles.